The van der Waals surface area contributed by atoms with Gasteiger partial charge in [0.15, 0.2) is 5.65 Å². The summed E-state index contributed by atoms with van der Waals surface area (Å²) < 4.78 is 54.5. The Hall–Kier alpha value is -4.05. The van der Waals surface area contributed by atoms with Crippen LogP contribution in [0.25, 0.3) is 33.5 Å². The molecule has 6 nitrogen and oxygen atoms in total. The highest BCUT2D eigenvalue weighted by Gasteiger charge is 2.33. The third-order valence-corrected chi connectivity index (χ3v) is 5.43. The van der Waals surface area contributed by atoms with Crippen molar-refractivity contribution in [3.63, 3.8) is 0 Å². The minimum Gasteiger partial charge on any atom is -0.341 e. The molecule has 3 aromatic heterocycles. The molecule has 5 rings (SSSR count). The minimum absolute atomic E-state index is 0.0253. The fourth-order valence-corrected chi connectivity index (χ4v) is 3.76. The Labute approximate surface area is 194 Å². The van der Waals surface area contributed by atoms with Crippen LogP contribution >= 0.6 is 11.6 Å². The van der Waals surface area contributed by atoms with Gasteiger partial charge in [-0.05, 0) is 48.0 Å². The van der Waals surface area contributed by atoms with Gasteiger partial charge in [-0.2, -0.15) is 13.2 Å². The summed E-state index contributed by atoms with van der Waals surface area (Å²) in [6, 6.07) is 10.8. The van der Waals surface area contributed by atoms with E-state index in [9.17, 15) is 17.6 Å². The van der Waals surface area contributed by atoms with Crippen LogP contribution in [-0.2, 0) is 6.18 Å². The highest BCUT2D eigenvalue weighted by atomic mass is 35.5. The Bertz CT molecular complexity index is 1520. The number of hydrogen-bond acceptors (Lipinski definition) is 5. The van der Waals surface area contributed by atoms with Crippen LogP contribution in [0, 0.1) is 5.82 Å². The molecule has 0 aliphatic rings. The average Bonchev–Trinajstić information content (AvgIpc) is 3.30. The first-order valence-corrected chi connectivity index (χ1v) is 10.2. The van der Waals surface area contributed by atoms with E-state index in [4.69, 9.17) is 11.6 Å². The van der Waals surface area contributed by atoms with Gasteiger partial charge in [-0.15, -0.1) is 0 Å². The second-order valence-electron chi connectivity index (χ2n) is 7.23. The summed E-state index contributed by atoms with van der Waals surface area (Å²) in [5, 5.41) is 2.64. The molecule has 0 saturated carbocycles. The summed E-state index contributed by atoms with van der Waals surface area (Å²) >= 11 is 5.70. The predicted molar refractivity (Wildman–Crippen MR) is 120 cm³/mol. The molecule has 3 heterocycles. The molecule has 34 heavy (non-hydrogen) atoms. The molecule has 2 N–H and O–H groups in total. The molecule has 0 amide bonds. The zero-order valence-corrected chi connectivity index (χ0v) is 17.8. The number of pyridine rings is 1. The normalized spacial score (nSPS) is 11.7. The van der Waals surface area contributed by atoms with Crippen molar-refractivity contribution in [2.45, 2.75) is 6.18 Å². The number of fused-ring (bicyclic) bond motifs is 1. The van der Waals surface area contributed by atoms with Gasteiger partial charge in [-0.25, -0.2) is 24.3 Å². The molecule has 0 atom stereocenters. The Morgan fingerprint density at radius 3 is 2.59 bits per heavy atom. The summed E-state index contributed by atoms with van der Waals surface area (Å²) in [5.74, 6) is -0.279. The number of rotatable bonds is 4. The molecule has 0 radical (unpaired) electrons. The van der Waals surface area contributed by atoms with Crippen LogP contribution in [0.2, 0.25) is 5.02 Å². The van der Waals surface area contributed by atoms with Crippen LogP contribution in [0.1, 0.15) is 5.56 Å². The van der Waals surface area contributed by atoms with E-state index in [1.54, 1.807) is 18.3 Å². The van der Waals surface area contributed by atoms with E-state index in [1.807, 2.05) is 0 Å². The monoisotopic (exact) mass is 484 g/mol. The number of aromatic nitrogens is 5. The van der Waals surface area contributed by atoms with Crippen LogP contribution < -0.4 is 5.32 Å². The van der Waals surface area contributed by atoms with Gasteiger partial charge in [0.05, 0.1) is 16.9 Å². The Balaban J connectivity index is 1.55. The third kappa shape index (κ3) is 4.03. The first-order valence-electron chi connectivity index (χ1n) is 9.84. The zero-order chi connectivity index (χ0) is 23.9. The first-order chi connectivity index (χ1) is 16.3. The van der Waals surface area contributed by atoms with Crippen molar-refractivity contribution in [3.05, 3.63) is 83.8 Å². The van der Waals surface area contributed by atoms with Gasteiger partial charge in [-0.1, -0.05) is 17.7 Å². The SMILES string of the molecule is Fc1ccc(Nc2ncccc2-c2ncnc3nc[nH]c23)cc1-c1ccc(Cl)c(C(F)(F)F)c1. The van der Waals surface area contributed by atoms with Crippen molar-refractivity contribution < 1.29 is 17.6 Å². The number of halogens is 5. The van der Waals surface area contributed by atoms with Crippen molar-refractivity contribution in [3.8, 4) is 22.4 Å². The van der Waals surface area contributed by atoms with Crippen LogP contribution in [0.5, 0.6) is 0 Å². The number of imidazole rings is 1. The predicted octanol–water partition coefficient (Wildman–Crippen LogP) is 6.64. The third-order valence-electron chi connectivity index (χ3n) is 5.10. The van der Waals surface area contributed by atoms with Gasteiger partial charge in [-0.3, -0.25) is 0 Å². The maximum atomic E-state index is 14.6. The fraction of sp³-hybridized carbons (Fsp3) is 0.0435. The van der Waals surface area contributed by atoms with Gasteiger partial charge >= 0.3 is 6.18 Å². The van der Waals surface area contributed by atoms with Gasteiger partial charge in [0.2, 0.25) is 0 Å². The molecule has 0 aliphatic carbocycles. The molecule has 11 heteroatoms. The summed E-state index contributed by atoms with van der Waals surface area (Å²) in [7, 11) is 0. The van der Waals surface area contributed by atoms with E-state index in [2.05, 4.69) is 30.2 Å². The number of hydrogen-bond donors (Lipinski definition) is 2. The molecule has 0 fully saturated rings. The molecule has 0 bridgehead atoms. The minimum atomic E-state index is -4.67. The lowest BCUT2D eigenvalue weighted by molar-refractivity contribution is -0.137. The van der Waals surface area contributed by atoms with Crippen molar-refractivity contribution in [1.82, 2.24) is 24.9 Å². The van der Waals surface area contributed by atoms with Crippen molar-refractivity contribution in [2.75, 3.05) is 5.32 Å². The van der Waals surface area contributed by atoms with Crippen molar-refractivity contribution >= 4 is 34.3 Å². The van der Waals surface area contributed by atoms with E-state index in [0.717, 1.165) is 12.1 Å². The number of nitrogens with one attached hydrogen (secondary N) is 2. The topological polar surface area (TPSA) is 79.4 Å². The standard InChI is InChI=1S/C23H13ClF4N6/c24-17-5-3-12(8-16(17)23(26,27)28)15-9-13(4-6-18(15)25)34-21-14(2-1-7-29-21)19-20-22(32-10-30-19)33-11-31-20/h1-11H,(H,29,34)(H,30,31,32,33). The summed E-state index contributed by atoms with van der Waals surface area (Å²) in [6.07, 6.45) is -0.224. The lowest BCUT2D eigenvalue weighted by Gasteiger charge is -2.14. The molecule has 0 spiro atoms. The van der Waals surface area contributed by atoms with E-state index in [0.29, 0.717) is 33.9 Å². The highest BCUT2D eigenvalue weighted by molar-refractivity contribution is 6.31. The molecule has 5 aromatic rings. The molecule has 0 unspecified atom stereocenters. The van der Waals surface area contributed by atoms with Gasteiger partial charge < -0.3 is 10.3 Å². The zero-order valence-electron chi connectivity index (χ0n) is 17.0. The number of H-pyrrole nitrogens is 1. The lowest BCUT2D eigenvalue weighted by Crippen LogP contribution is -2.06. The molecule has 2 aromatic carbocycles. The van der Waals surface area contributed by atoms with Gasteiger partial charge in [0.25, 0.3) is 0 Å². The van der Waals surface area contributed by atoms with E-state index in [1.165, 1.54) is 36.9 Å². The molecule has 0 aliphatic heterocycles. The summed E-state index contributed by atoms with van der Waals surface area (Å²) in [4.78, 5) is 19.9. The van der Waals surface area contributed by atoms with E-state index >= 15 is 0 Å². The average molecular weight is 485 g/mol. The molecular formula is C23H13ClF4N6. The van der Waals surface area contributed by atoms with Gasteiger partial charge in [0, 0.05) is 23.0 Å². The van der Waals surface area contributed by atoms with Crippen molar-refractivity contribution in [2.24, 2.45) is 0 Å². The largest absolute Gasteiger partial charge is 0.417 e. The Morgan fingerprint density at radius 1 is 0.912 bits per heavy atom. The van der Waals surface area contributed by atoms with E-state index in [-0.39, 0.29) is 11.1 Å². The molecular weight excluding hydrogens is 472 g/mol. The number of nitrogens with zero attached hydrogens (tertiary/aromatic N) is 4. The summed E-state index contributed by atoms with van der Waals surface area (Å²) in [6.45, 7) is 0. The maximum Gasteiger partial charge on any atom is 0.417 e. The van der Waals surface area contributed by atoms with Crippen LogP contribution in [0.3, 0.4) is 0 Å². The maximum absolute atomic E-state index is 14.6. The number of benzene rings is 2. The van der Waals surface area contributed by atoms with Crippen LogP contribution in [-0.4, -0.2) is 24.9 Å². The van der Waals surface area contributed by atoms with E-state index < -0.39 is 22.6 Å². The first kappa shape index (κ1) is 21.8. The fourth-order valence-electron chi connectivity index (χ4n) is 3.54. The smallest absolute Gasteiger partial charge is 0.341 e. The molecule has 170 valence electrons. The highest BCUT2D eigenvalue weighted by Crippen LogP contribution is 2.38. The molecule has 0 saturated heterocycles. The summed E-state index contributed by atoms with van der Waals surface area (Å²) in [5.41, 5.74) is 1.64. The number of aromatic amines is 1. The quantitative estimate of drug-likeness (QED) is 0.280. The Kier molecular flexibility index (Phi) is 5.37. The van der Waals surface area contributed by atoms with Crippen LogP contribution in [0.15, 0.2) is 67.4 Å². The lowest BCUT2D eigenvalue weighted by atomic mass is 10.0. The second-order valence-corrected chi connectivity index (χ2v) is 7.64. The van der Waals surface area contributed by atoms with Crippen molar-refractivity contribution in [1.29, 1.82) is 0 Å². The van der Waals surface area contributed by atoms with Crippen LogP contribution in [0.4, 0.5) is 29.1 Å². The Morgan fingerprint density at radius 2 is 1.76 bits per heavy atom. The number of anilines is 2. The van der Waals surface area contributed by atoms with Gasteiger partial charge in [0.1, 0.15) is 29.2 Å². The second kappa shape index (κ2) is 8.38. The number of alkyl halides is 3.